The van der Waals surface area contributed by atoms with Crippen molar-refractivity contribution >= 4 is 22.7 Å². The minimum absolute atomic E-state index is 0.0127. The lowest BCUT2D eigenvalue weighted by atomic mass is 9.92. The quantitative estimate of drug-likeness (QED) is 0.585. The number of nitrogen functional groups attached to an aromatic ring is 1. The standard InChI is InChI=1S/C14H19N5O/c1-14(6-8-20-9-7-14)18-12-10-4-2-3-5-11(10)16-13(17-12)19-15/h2-5H,6-9,15H2,1H3,(H2,16,17,18,19). The number of para-hydroxylation sites is 1. The monoisotopic (exact) mass is 273 g/mol. The van der Waals surface area contributed by atoms with Crippen molar-refractivity contribution in [2.45, 2.75) is 25.3 Å². The number of nitrogens with two attached hydrogens (primary N) is 1. The Balaban J connectivity index is 2.01. The number of aromatic nitrogens is 2. The summed E-state index contributed by atoms with van der Waals surface area (Å²) >= 11 is 0. The summed E-state index contributed by atoms with van der Waals surface area (Å²) in [5, 5.41) is 4.55. The van der Waals surface area contributed by atoms with Gasteiger partial charge in [-0.1, -0.05) is 12.1 Å². The molecule has 4 N–H and O–H groups in total. The summed E-state index contributed by atoms with van der Waals surface area (Å²) in [5.41, 5.74) is 3.38. The van der Waals surface area contributed by atoms with Gasteiger partial charge < -0.3 is 10.1 Å². The average molecular weight is 273 g/mol. The summed E-state index contributed by atoms with van der Waals surface area (Å²) in [7, 11) is 0. The molecule has 106 valence electrons. The molecular weight excluding hydrogens is 254 g/mol. The molecule has 2 aromatic rings. The highest BCUT2D eigenvalue weighted by atomic mass is 16.5. The molecule has 1 aromatic heterocycles. The van der Waals surface area contributed by atoms with E-state index in [0.717, 1.165) is 42.8 Å². The number of fused-ring (bicyclic) bond motifs is 1. The second-order valence-corrected chi connectivity index (χ2v) is 5.36. The first kappa shape index (κ1) is 13.1. The normalized spacial score (nSPS) is 17.9. The summed E-state index contributed by atoms with van der Waals surface area (Å²) < 4.78 is 5.43. The van der Waals surface area contributed by atoms with Gasteiger partial charge >= 0.3 is 0 Å². The molecule has 0 amide bonds. The van der Waals surface area contributed by atoms with Crippen molar-refractivity contribution in [2.24, 2.45) is 5.84 Å². The van der Waals surface area contributed by atoms with E-state index in [-0.39, 0.29) is 5.54 Å². The van der Waals surface area contributed by atoms with Gasteiger partial charge in [0, 0.05) is 24.1 Å². The predicted octanol–water partition coefficient (Wildman–Crippen LogP) is 1.90. The third-order valence-corrected chi connectivity index (χ3v) is 3.75. The van der Waals surface area contributed by atoms with E-state index in [2.05, 4.69) is 27.6 Å². The van der Waals surface area contributed by atoms with Gasteiger partial charge in [-0.05, 0) is 31.9 Å². The van der Waals surface area contributed by atoms with Crippen LogP contribution in [0.5, 0.6) is 0 Å². The zero-order valence-electron chi connectivity index (χ0n) is 11.5. The summed E-state index contributed by atoms with van der Waals surface area (Å²) in [6.07, 6.45) is 1.91. The molecule has 6 heteroatoms. The minimum atomic E-state index is -0.0127. The van der Waals surface area contributed by atoms with E-state index < -0.39 is 0 Å². The fraction of sp³-hybridized carbons (Fsp3) is 0.429. The van der Waals surface area contributed by atoms with Gasteiger partial charge in [0.15, 0.2) is 0 Å². The number of rotatable bonds is 3. The molecule has 2 heterocycles. The molecule has 1 aromatic carbocycles. The Bertz CT molecular complexity index is 610. The molecule has 1 aliphatic heterocycles. The van der Waals surface area contributed by atoms with Crippen molar-refractivity contribution in [3.05, 3.63) is 24.3 Å². The van der Waals surface area contributed by atoms with Crippen LogP contribution in [0.25, 0.3) is 10.9 Å². The van der Waals surface area contributed by atoms with E-state index in [1.165, 1.54) is 0 Å². The molecule has 0 radical (unpaired) electrons. The van der Waals surface area contributed by atoms with Crippen molar-refractivity contribution in [3.63, 3.8) is 0 Å². The van der Waals surface area contributed by atoms with Gasteiger partial charge in [-0.3, -0.25) is 5.43 Å². The number of ether oxygens (including phenoxy) is 1. The summed E-state index contributed by atoms with van der Waals surface area (Å²) in [6.45, 7) is 3.74. The molecule has 1 aliphatic rings. The highest BCUT2D eigenvalue weighted by molar-refractivity contribution is 5.90. The van der Waals surface area contributed by atoms with Crippen LogP contribution in [0.4, 0.5) is 11.8 Å². The van der Waals surface area contributed by atoms with Crippen LogP contribution in [0.2, 0.25) is 0 Å². The van der Waals surface area contributed by atoms with E-state index in [4.69, 9.17) is 10.6 Å². The number of anilines is 2. The van der Waals surface area contributed by atoms with Crippen molar-refractivity contribution in [2.75, 3.05) is 24.0 Å². The SMILES string of the molecule is CC1(Nc2nc(NN)nc3ccccc23)CCOCC1. The zero-order valence-corrected chi connectivity index (χ0v) is 11.5. The number of benzene rings is 1. The predicted molar refractivity (Wildman–Crippen MR) is 79.4 cm³/mol. The lowest BCUT2D eigenvalue weighted by Gasteiger charge is -2.35. The van der Waals surface area contributed by atoms with E-state index in [9.17, 15) is 0 Å². The summed E-state index contributed by atoms with van der Waals surface area (Å²) in [6, 6.07) is 7.91. The van der Waals surface area contributed by atoms with Crippen LogP contribution in [-0.2, 0) is 4.74 Å². The molecule has 0 bridgehead atoms. The molecule has 0 atom stereocenters. The van der Waals surface area contributed by atoms with E-state index in [0.29, 0.717) is 5.95 Å². The van der Waals surface area contributed by atoms with E-state index in [1.54, 1.807) is 0 Å². The van der Waals surface area contributed by atoms with Crippen molar-refractivity contribution in [3.8, 4) is 0 Å². The molecule has 20 heavy (non-hydrogen) atoms. The second kappa shape index (κ2) is 5.22. The first-order chi connectivity index (χ1) is 9.70. The van der Waals surface area contributed by atoms with Crippen LogP contribution in [0.1, 0.15) is 19.8 Å². The van der Waals surface area contributed by atoms with Crippen molar-refractivity contribution < 1.29 is 4.74 Å². The number of nitrogens with zero attached hydrogens (tertiary/aromatic N) is 2. The van der Waals surface area contributed by atoms with Gasteiger partial charge in [-0.2, -0.15) is 4.98 Å². The Kier molecular flexibility index (Phi) is 3.42. The van der Waals surface area contributed by atoms with Gasteiger partial charge in [0.2, 0.25) is 5.95 Å². The maximum atomic E-state index is 5.45. The Morgan fingerprint density at radius 1 is 1.20 bits per heavy atom. The lowest BCUT2D eigenvalue weighted by Crippen LogP contribution is -2.41. The first-order valence-electron chi connectivity index (χ1n) is 6.79. The number of nitrogens with one attached hydrogen (secondary N) is 2. The maximum absolute atomic E-state index is 5.45. The van der Waals surface area contributed by atoms with Crippen LogP contribution in [0, 0.1) is 0 Å². The molecule has 0 spiro atoms. The minimum Gasteiger partial charge on any atom is -0.381 e. The average Bonchev–Trinajstić information content (AvgIpc) is 2.47. The molecule has 1 saturated heterocycles. The van der Waals surface area contributed by atoms with Gasteiger partial charge in [0.05, 0.1) is 5.52 Å². The van der Waals surface area contributed by atoms with Crippen LogP contribution in [0.15, 0.2) is 24.3 Å². The first-order valence-corrected chi connectivity index (χ1v) is 6.79. The van der Waals surface area contributed by atoms with Crippen LogP contribution in [-0.4, -0.2) is 28.7 Å². The van der Waals surface area contributed by atoms with Crippen LogP contribution < -0.4 is 16.6 Å². The fourth-order valence-corrected chi connectivity index (χ4v) is 2.47. The zero-order chi connectivity index (χ0) is 14.0. The van der Waals surface area contributed by atoms with Crippen molar-refractivity contribution in [1.82, 2.24) is 9.97 Å². The van der Waals surface area contributed by atoms with Gasteiger partial charge in [0.1, 0.15) is 5.82 Å². The molecule has 6 nitrogen and oxygen atoms in total. The Labute approximate surface area is 117 Å². The Morgan fingerprint density at radius 3 is 2.70 bits per heavy atom. The topological polar surface area (TPSA) is 85.1 Å². The molecule has 3 rings (SSSR count). The largest absolute Gasteiger partial charge is 0.381 e. The molecule has 0 saturated carbocycles. The van der Waals surface area contributed by atoms with Crippen LogP contribution in [0.3, 0.4) is 0 Å². The Hall–Kier alpha value is -1.92. The highest BCUT2D eigenvalue weighted by Crippen LogP contribution is 2.29. The van der Waals surface area contributed by atoms with Gasteiger partial charge in [-0.15, -0.1) is 0 Å². The lowest BCUT2D eigenvalue weighted by molar-refractivity contribution is 0.0657. The molecule has 0 aliphatic carbocycles. The molecular formula is C14H19N5O. The maximum Gasteiger partial charge on any atom is 0.239 e. The van der Waals surface area contributed by atoms with Crippen LogP contribution >= 0.6 is 0 Å². The van der Waals surface area contributed by atoms with E-state index in [1.807, 2.05) is 24.3 Å². The molecule has 0 unspecified atom stereocenters. The van der Waals surface area contributed by atoms with Crippen molar-refractivity contribution in [1.29, 1.82) is 0 Å². The second-order valence-electron chi connectivity index (χ2n) is 5.36. The fourth-order valence-electron chi connectivity index (χ4n) is 2.47. The third kappa shape index (κ3) is 2.52. The highest BCUT2D eigenvalue weighted by Gasteiger charge is 2.28. The number of hydrazine groups is 1. The smallest absolute Gasteiger partial charge is 0.239 e. The van der Waals surface area contributed by atoms with Gasteiger partial charge in [-0.25, -0.2) is 10.8 Å². The number of hydrogen-bond acceptors (Lipinski definition) is 6. The number of hydrogen-bond donors (Lipinski definition) is 3. The molecule has 1 fully saturated rings. The Morgan fingerprint density at radius 2 is 1.95 bits per heavy atom. The summed E-state index contributed by atoms with van der Waals surface area (Å²) in [4.78, 5) is 8.82. The third-order valence-electron chi connectivity index (χ3n) is 3.75. The van der Waals surface area contributed by atoms with E-state index >= 15 is 0 Å². The van der Waals surface area contributed by atoms with Gasteiger partial charge in [0.25, 0.3) is 0 Å². The summed E-state index contributed by atoms with van der Waals surface area (Å²) in [5.74, 6) is 6.68.